The van der Waals surface area contributed by atoms with Crippen molar-refractivity contribution in [3.63, 3.8) is 0 Å². The number of amides is 1. The predicted molar refractivity (Wildman–Crippen MR) is 83.2 cm³/mol. The number of aryl methyl sites for hydroxylation is 1. The Labute approximate surface area is 119 Å². The van der Waals surface area contributed by atoms with Crippen molar-refractivity contribution in [3.8, 4) is 0 Å². The monoisotopic (exact) mass is 269 g/mol. The van der Waals surface area contributed by atoms with Gasteiger partial charge in [-0.05, 0) is 37.6 Å². The van der Waals surface area contributed by atoms with E-state index >= 15 is 0 Å². The maximum absolute atomic E-state index is 11.7. The summed E-state index contributed by atoms with van der Waals surface area (Å²) >= 11 is 0. The lowest BCUT2D eigenvalue weighted by Gasteiger charge is -2.28. The molecule has 2 rings (SSSR count). The molecule has 4 heteroatoms. The summed E-state index contributed by atoms with van der Waals surface area (Å²) in [6.07, 6.45) is 0. The molecule has 0 atom stereocenters. The molecule has 0 spiro atoms. The van der Waals surface area contributed by atoms with E-state index in [1.54, 1.807) is 18.2 Å². The van der Waals surface area contributed by atoms with E-state index in [4.69, 9.17) is 11.5 Å². The fourth-order valence-electron chi connectivity index (χ4n) is 2.38. The SMILES string of the molecule is CCN(c1ccccc1C)c1c(N)cccc1C(N)=O. The Morgan fingerprint density at radius 1 is 1.15 bits per heavy atom. The van der Waals surface area contributed by atoms with E-state index in [0.717, 1.165) is 11.3 Å². The summed E-state index contributed by atoms with van der Waals surface area (Å²) in [7, 11) is 0. The number of benzene rings is 2. The van der Waals surface area contributed by atoms with Gasteiger partial charge >= 0.3 is 0 Å². The van der Waals surface area contributed by atoms with Crippen LogP contribution in [0, 0.1) is 6.92 Å². The number of anilines is 3. The summed E-state index contributed by atoms with van der Waals surface area (Å²) in [5.41, 5.74) is 15.4. The minimum atomic E-state index is -0.473. The first kappa shape index (κ1) is 13.9. The molecule has 0 radical (unpaired) electrons. The van der Waals surface area contributed by atoms with Crippen LogP contribution < -0.4 is 16.4 Å². The number of carbonyl (C=O) groups excluding carboxylic acids is 1. The van der Waals surface area contributed by atoms with Crippen LogP contribution in [-0.4, -0.2) is 12.5 Å². The average Bonchev–Trinajstić information content (AvgIpc) is 2.43. The molecule has 0 bridgehead atoms. The van der Waals surface area contributed by atoms with Gasteiger partial charge in [0.1, 0.15) is 0 Å². The number of nitrogens with zero attached hydrogens (tertiary/aromatic N) is 1. The van der Waals surface area contributed by atoms with Crippen molar-refractivity contribution < 1.29 is 4.79 Å². The predicted octanol–water partition coefficient (Wildman–Crippen LogP) is 2.83. The minimum Gasteiger partial charge on any atom is -0.397 e. The first-order valence-electron chi connectivity index (χ1n) is 6.57. The lowest BCUT2D eigenvalue weighted by Crippen LogP contribution is -2.23. The molecular formula is C16H19N3O. The number of hydrogen-bond donors (Lipinski definition) is 2. The molecule has 20 heavy (non-hydrogen) atoms. The van der Waals surface area contributed by atoms with Crippen molar-refractivity contribution in [1.82, 2.24) is 0 Å². The van der Waals surface area contributed by atoms with Crippen LogP contribution in [0.5, 0.6) is 0 Å². The number of carbonyl (C=O) groups is 1. The van der Waals surface area contributed by atoms with Crippen molar-refractivity contribution in [3.05, 3.63) is 53.6 Å². The second kappa shape index (κ2) is 5.65. The highest BCUT2D eigenvalue weighted by Gasteiger charge is 2.18. The molecule has 104 valence electrons. The smallest absolute Gasteiger partial charge is 0.250 e. The van der Waals surface area contributed by atoms with Crippen LogP contribution >= 0.6 is 0 Å². The first-order chi connectivity index (χ1) is 9.56. The van der Waals surface area contributed by atoms with Gasteiger partial charge in [-0.3, -0.25) is 4.79 Å². The van der Waals surface area contributed by atoms with Crippen LogP contribution in [0.25, 0.3) is 0 Å². The Hall–Kier alpha value is -2.49. The van der Waals surface area contributed by atoms with Gasteiger partial charge in [0.15, 0.2) is 0 Å². The summed E-state index contributed by atoms with van der Waals surface area (Å²) in [6.45, 7) is 4.74. The fourth-order valence-corrected chi connectivity index (χ4v) is 2.38. The minimum absolute atomic E-state index is 0.440. The molecule has 0 unspecified atom stereocenters. The van der Waals surface area contributed by atoms with Gasteiger partial charge in [0.05, 0.1) is 16.9 Å². The number of hydrogen-bond acceptors (Lipinski definition) is 3. The molecule has 2 aromatic rings. The van der Waals surface area contributed by atoms with Crippen LogP contribution in [-0.2, 0) is 0 Å². The molecule has 0 heterocycles. The van der Waals surface area contributed by atoms with Crippen molar-refractivity contribution in [2.45, 2.75) is 13.8 Å². The highest BCUT2D eigenvalue weighted by Crippen LogP contribution is 2.34. The van der Waals surface area contributed by atoms with E-state index in [-0.39, 0.29) is 0 Å². The highest BCUT2D eigenvalue weighted by molar-refractivity contribution is 6.02. The molecule has 0 aliphatic heterocycles. The number of nitrogens with two attached hydrogens (primary N) is 2. The van der Waals surface area contributed by atoms with Crippen LogP contribution in [0.4, 0.5) is 17.1 Å². The third-order valence-electron chi connectivity index (χ3n) is 3.33. The summed E-state index contributed by atoms with van der Waals surface area (Å²) in [5, 5.41) is 0. The Bertz CT molecular complexity index is 637. The van der Waals surface area contributed by atoms with Crippen LogP contribution in [0.1, 0.15) is 22.8 Å². The van der Waals surface area contributed by atoms with Crippen LogP contribution in [0.2, 0.25) is 0 Å². The normalized spacial score (nSPS) is 10.3. The van der Waals surface area contributed by atoms with Crippen molar-refractivity contribution in [2.24, 2.45) is 5.73 Å². The van der Waals surface area contributed by atoms with E-state index in [0.29, 0.717) is 23.5 Å². The van der Waals surface area contributed by atoms with E-state index in [2.05, 4.69) is 0 Å². The Morgan fingerprint density at radius 2 is 1.85 bits per heavy atom. The quantitative estimate of drug-likeness (QED) is 0.838. The maximum Gasteiger partial charge on any atom is 0.250 e. The molecule has 4 nitrogen and oxygen atoms in total. The molecular weight excluding hydrogens is 250 g/mol. The van der Waals surface area contributed by atoms with Crippen LogP contribution in [0.15, 0.2) is 42.5 Å². The zero-order valence-electron chi connectivity index (χ0n) is 11.8. The lowest BCUT2D eigenvalue weighted by atomic mass is 10.1. The Balaban J connectivity index is 2.64. The van der Waals surface area contributed by atoms with Gasteiger partial charge < -0.3 is 16.4 Å². The second-order valence-electron chi connectivity index (χ2n) is 4.64. The largest absolute Gasteiger partial charge is 0.397 e. The molecule has 0 aliphatic rings. The number of para-hydroxylation sites is 2. The van der Waals surface area contributed by atoms with Gasteiger partial charge in [0.25, 0.3) is 5.91 Å². The van der Waals surface area contributed by atoms with Crippen molar-refractivity contribution in [1.29, 1.82) is 0 Å². The number of rotatable bonds is 4. The molecule has 2 aromatic carbocycles. The van der Waals surface area contributed by atoms with Crippen molar-refractivity contribution >= 4 is 23.0 Å². The molecule has 0 saturated heterocycles. The van der Waals surface area contributed by atoms with Gasteiger partial charge in [-0.25, -0.2) is 0 Å². The second-order valence-corrected chi connectivity index (χ2v) is 4.64. The molecule has 1 amide bonds. The molecule has 4 N–H and O–H groups in total. The standard InChI is InChI=1S/C16H19N3O/c1-3-19(14-10-5-4-7-11(14)2)15-12(16(18)20)8-6-9-13(15)17/h4-10H,3,17H2,1-2H3,(H2,18,20). The van der Waals surface area contributed by atoms with E-state index in [1.165, 1.54) is 0 Å². The van der Waals surface area contributed by atoms with E-state index in [9.17, 15) is 4.79 Å². The zero-order valence-corrected chi connectivity index (χ0v) is 11.8. The molecule has 0 fully saturated rings. The van der Waals surface area contributed by atoms with E-state index < -0.39 is 5.91 Å². The van der Waals surface area contributed by atoms with Crippen molar-refractivity contribution in [2.75, 3.05) is 17.2 Å². The molecule has 0 saturated carbocycles. The average molecular weight is 269 g/mol. The third kappa shape index (κ3) is 2.45. The van der Waals surface area contributed by atoms with Gasteiger partial charge in [0, 0.05) is 12.2 Å². The summed E-state index contributed by atoms with van der Waals surface area (Å²) < 4.78 is 0. The molecule has 0 aliphatic carbocycles. The lowest BCUT2D eigenvalue weighted by molar-refractivity contribution is 0.100. The fraction of sp³-hybridized carbons (Fsp3) is 0.188. The van der Waals surface area contributed by atoms with Gasteiger partial charge in [-0.2, -0.15) is 0 Å². The topological polar surface area (TPSA) is 72.3 Å². The van der Waals surface area contributed by atoms with Gasteiger partial charge in [0.2, 0.25) is 0 Å². The number of nitrogen functional groups attached to an aromatic ring is 1. The Morgan fingerprint density at radius 3 is 2.45 bits per heavy atom. The third-order valence-corrected chi connectivity index (χ3v) is 3.33. The van der Waals surface area contributed by atoms with Crippen LogP contribution in [0.3, 0.4) is 0 Å². The first-order valence-corrected chi connectivity index (χ1v) is 6.57. The van der Waals surface area contributed by atoms with Gasteiger partial charge in [-0.15, -0.1) is 0 Å². The zero-order chi connectivity index (χ0) is 14.7. The number of primary amides is 1. The summed E-state index contributed by atoms with van der Waals surface area (Å²) in [4.78, 5) is 13.7. The van der Waals surface area contributed by atoms with Gasteiger partial charge in [-0.1, -0.05) is 24.3 Å². The molecule has 0 aromatic heterocycles. The Kier molecular flexibility index (Phi) is 3.94. The highest BCUT2D eigenvalue weighted by atomic mass is 16.1. The van der Waals surface area contributed by atoms with E-state index in [1.807, 2.05) is 43.0 Å². The summed E-state index contributed by atoms with van der Waals surface area (Å²) in [5.74, 6) is -0.473. The maximum atomic E-state index is 11.7. The summed E-state index contributed by atoms with van der Waals surface area (Å²) in [6, 6.07) is 13.2.